The predicted molar refractivity (Wildman–Crippen MR) is 307 cm³/mol. The molecule has 7 unspecified atom stereocenters. The van der Waals surface area contributed by atoms with Crippen molar-refractivity contribution < 1.29 is 117 Å². The molecule has 488 valence electrons. The number of esters is 2. The van der Waals surface area contributed by atoms with Gasteiger partial charge in [-0.25, -0.2) is 0 Å². The minimum absolute atomic E-state index is 0.0152. The lowest BCUT2D eigenvalue weighted by Crippen LogP contribution is -2.57. The van der Waals surface area contributed by atoms with E-state index in [9.17, 15) is 50.1 Å². The van der Waals surface area contributed by atoms with Crippen LogP contribution in [0, 0.1) is 30.6 Å². The van der Waals surface area contributed by atoms with Crippen molar-refractivity contribution in [3.05, 3.63) is 41.7 Å². The number of benzene rings is 2. The Kier molecular flexibility index (Phi) is 22.6. The van der Waals surface area contributed by atoms with Gasteiger partial charge in [0.05, 0.1) is 77.7 Å². The Bertz CT molecular complexity index is 2720. The summed E-state index contributed by atoms with van der Waals surface area (Å²) in [6, 6.07) is 3.16. The van der Waals surface area contributed by atoms with Gasteiger partial charge in [0, 0.05) is 81.3 Å². The third kappa shape index (κ3) is 15.5. The Labute approximate surface area is 507 Å². The van der Waals surface area contributed by atoms with Crippen LogP contribution < -0.4 is 4.74 Å². The number of fused-ring (bicyclic) bond motifs is 2. The zero-order chi connectivity index (χ0) is 63.7. The van der Waals surface area contributed by atoms with Crippen molar-refractivity contribution in [2.75, 3.05) is 7.11 Å². The highest BCUT2D eigenvalue weighted by molar-refractivity contribution is 6.11. The summed E-state index contributed by atoms with van der Waals surface area (Å²) in [7, 11) is 1.20. The molecular formula is C63H92O24. The zero-order valence-corrected chi connectivity index (χ0v) is 51.9. The zero-order valence-electron chi connectivity index (χ0n) is 51.9. The number of ether oxygens (including phenoxy) is 13. The van der Waals surface area contributed by atoms with Gasteiger partial charge in [-0.3, -0.25) is 19.2 Å². The molecule has 6 aliphatic rings. The molecule has 0 amide bonds. The Morgan fingerprint density at radius 1 is 0.724 bits per heavy atom. The molecule has 2 aromatic carbocycles. The largest absolute Gasteiger partial charge is 0.507 e. The van der Waals surface area contributed by atoms with Crippen molar-refractivity contribution in [1.82, 2.24) is 0 Å². The molecule has 0 aromatic heterocycles. The van der Waals surface area contributed by atoms with Gasteiger partial charge in [-0.1, -0.05) is 27.4 Å². The first-order valence-electron chi connectivity index (χ1n) is 30.6. The fourth-order valence-electron chi connectivity index (χ4n) is 12.7. The maximum absolute atomic E-state index is 15.4. The SMILES string of the molecule is C=COC(=O)CCCCC(=O)O[C@H](C)[C@H](O)C(=O)[C@@H](OC)[C@@H]1Cc2cc3cc(O[C@H]4C[C@@H](OC5C[C@@H](O)[C@@H](C)C(C)O5)[C@@H](C)C(C)O4)c(C)c(O)c3c(O)c2C(=O)[C@H]1O[C@H]1C[C@@H](O[C@H]2C[C@@H](O[C@H]3CC(C)(O)[C@@H](C)C(C)O3)[C@H](O)C(C)O2)[C@H](O)C(C)O1. The molecule has 5 aliphatic heterocycles. The quantitative estimate of drug-likeness (QED) is 0.0442. The molecule has 5 heterocycles. The monoisotopic (exact) mass is 1230 g/mol. The van der Waals surface area contributed by atoms with Crippen LogP contribution in [0.15, 0.2) is 25.0 Å². The maximum atomic E-state index is 15.4. The van der Waals surface area contributed by atoms with Gasteiger partial charge in [-0.05, 0) is 97.7 Å². The summed E-state index contributed by atoms with van der Waals surface area (Å²) < 4.78 is 79.1. The van der Waals surface area contributed by atoms with E-state index in [1.54, 1.807) is 39.8 Å². The second-order valence-corrected chi connectivity index (χ2v) is 25.1. The number of Topliss-reactive ketones (excluding diaryl/α,β-unsaturated/α-hetero) is 2. The molecule has 0 bridgehead atoms. The van der Waals surface area contributed by atoms with E-state index in [0.29, 0.717) is 6.42 Å². The fourth-order valence-corrected chi connectivity index (χ4v) is 12.7. The Morgan fingerprint density at radius 2 is 1.26 bits per heavy atom. The number of carbonyl (C=O) groups is 4. The summed E-state index contributed by atoms with van der Waals surface area (Å²) in [5.74, 6) is -5.58. The molecule has 5 saturated heterocycles. The molecule has 5 fully saturated rings. The summed E-state index contributed by atoms with van der Waals surface area (Å²) in [6.45, 7) is 22.6. The molecule has 8 rings (SSSR count). The number of hydrogen-bond donors (Lipinski definition) is 7. The lowest BCUT2D eigenvalue weighted by Gasteiger charge is -2.46. The average Bonchev–Trinajstić information content (AvgIpc) is 1.12. The van der Waals surface area contributed by atoms with Gasteiger partial charge in [-0.15, -0.1) is 0 Å². The van der Waals surface area contributed by atoms with Gasteiger partial charge in [0.2, 0.25) is 6.29 Å². The van der Waals surface area contributed by atoms with E-state index in [4.69, 9.17) is 61.6 Å². The van der Waals surface area contributed by atoms with Crippen LogP contribution in [0.2, 0.25) is 0 Å². The minimum Gasteiger partial charge on any atom is -0.507 e. The van der Waals surface area contributed by atoms with Gasteiger partial charge in [0.25, 0.3) is 0 Å². The van der Waals surface area contributed by atoms with Crippen LogP contribution in [0.25, 0.3) is 10.8 Å². The first-order valence-corrected chi connectivity index (χ1v) is 30.6. The van der Waals surface area contributed by atoms with E-state index >= 15 is 4.79 Å². The van der Waals surface area contributed by atoms with Crippen molar-refractivity contribution in [2.45, 2.75) is 269 Å². The van der Waals surface area contributed by atoms with Crippen LogP contribution in [-0.4, -0.2) is 195 Å². The predicted octanol–water partition coefficient (Wildman–Crippen LogP) is 5.37. The number of methoxy groups -OCH3 is 1. The molecule has 25 atom stereocenters. The standard InChI is InChI=1S/C63H92O24/c1-14-76-45(65)17-15-16-18-46(66)77-36(11)57(70)60(73)61(75-13)39-20-37-19-38-21-41(83-48-23-42(28(3)32(7)79-48)84-47-22-40(64)27(2)31(6)78-47)29(4)54(67)52(38)58(71)53(37)59(72)62(39)87-50-25-43(55(68)35(10)82-50)85-49-24-44(56(69)34(9)81-49)86-51-26-63(12,74)30(5)33(8)80-51/h14,19,21,27-28,30-36,39-40,42-44,47-51,55-57,61-62,64,67-71,74H,1,15-18,20,22-26H2,2-13H3/t27-,28-,30-,31?,32?,33?,34?,35?,36+,39-,40+,42+,43+,44+,47?,48-,49-,50-,51-,55+,56+,57-,61-,62-,63?/m0/s1. The minimum atomic E-state index is -2.00. The second-order valence-electron chi connectivity index (χ2n) is 25.1. The van der Waals surface area contributed by atoms with Crippen LogP contribution in [0.4, 0.5) is 0 Å². The van der Waals surface area contributed by atoms with Crippen molar-refractivity contribution in [3.8, 4) is 17.2 Å². The number of ketones is 2. The van der Waals surface area contributed by atoms with Gasteiger partial charge >= 0.3 is 11.9 Å². The molecule has 7 N–H and O–H groups in total. The molecule has 2 aromatic rings. The van der Waals surface area contributed by atoms with E-state index in [1.807, 2.05) is 41.5 Å². The van der Waals surface area contributed by atoms with Gasteiger partial charge in [0.15, 0.2) is 42.8 Å². The van der Waals surface area contributed by atoms with Crippen LogP contribution in [-0.2, 0) is 77.6 Å². The van der Waals surface area contributed by atoms with Crippen molar-refractivity contribution in [1.29, 1.82) is 0 Å². The highest BCUT2D eigenvalue weighted by Gasteiger charge is 2.51. The molecule has 1 aliphatic carbocycles. The number of phenols is 2. The number of aliphatic hydroxyl groups excluding tert-OH is 4. The summed E-state index contributed by atoms with van der Waals surface area (Å²) in [5, 5.41) is 80.7. The Hall–Kier alpha value is -4.48. The maximum Gasteiger partial charge on any atom is 0.310 e. The van der Waals surface area contributed by atoms with Crippen LogP contribution in [0.5, 0.6) is 17.2 Å². The normalized spacial score (nSPS) is 38.4. The lowest BCUT2D eigenvalue weighted by molar-refractivity contribution is -0.331. The average molecular weight is 1230 g/mol. The van der Waals surface area contributed by atoms with Gasteiger partial charge in [0.1, 0.15) is 47.8 Å². The first kappa shape index (κ1) is 68.4. The summed E-state index contributed by atoms with van der Waals surface area (Å²) in [4.78, 5) is 54.7. The van der Waals surface area contributed by atoms with Crippen molar-refractivity contribution in [3.63, 3.8) is 0 Å². The number of aliphatic hydroxyl groups is 5. The first-order chi connectivity index (χ1) is 41.0. The summed E-state index contributed by atoms with van der Waals surface area (Å²) in [5.41, 5.74) is -0.940. The highest BCUT2D eigenvalue weighted by atomic mass is 16.7. The molecule has 24 heteroatoms. The lowest BCUT2D eigenvalue weighted by atomic mass is 9.75. The third-order valence-corrected chi connectivity index (χ3v) is 19.0. The molecular weight excluding hydrogens is 1140 g/mol. The van der Waals surface area contributed by atoms with Crippen molar-refractivity contribution >= 4 is 34.3 Å². The topological polar surface area (TPSA) is 330 Å². The Balaban J connectivity index is 1.06. The van der Waals surface area contributed by atoms with E-state index in [1.165, 1.54) is 14.0 Å². The summed E-state index contributed by atoms with van der Waals surface area (Å²) >= 11 is 0. The Morgan fingerprint density at radius 3 is 1.87 bits per heavy atom. The van der Waals surface area contributed by atoms with E-state index in [-0.39, 0.29) is 127 Å². The van der Waals surface area contributed by atoms with E-state index in [0.717, 1.165) is 6.26 Å². The van der Waals surface area contributed by atoms with E-state index < -0.39 is 151 Å². The molecule has 0 spiro atoms. The molecule has 24 nitrogen and oxygen atoms in total. The smallest absolute Gasteiger partial charge is 0.310 e. The fraction of sp³-hybridized carbons (Fsp3) is 0.746. The number of hydrogen-bond acceptors (Lipinski definition) is 24. The van der Waals surface area contributed by atoms with Crippen LogP contribution in [0.1, 0.15) is 149 Å². The number of rotatable bonds is 22. The molecule has 0 saturated carbocycles. The number of carbonyl (C=O) groups excluding carboxylic acids is 4. The van der Waals surface area contributed by atoms with Gasteiger partial charge < -0.3 is 97.3 Å². The van der Waals surface area contributed by atoms with Crippen LogP contribution >= 0.6 is 0 Å². The molecule has 87 heavy (non-hydrogen) atoms. The summed E-state index contributed by atoms with van der Waals surface area (Å²) in [6.07, 6.45) is -18.1. The van der Waals surface area contributed by atoms with Crippen molar-refractivity contribution in [2.24, 2.45) is 23.7 Å². The third-order valence-electron chi connectivity index (χ3n) is 19.0. The highest BCUT2D eigenvalue weighted by Crippen LogP contribution is 2.48. The number of unbranched alkanes of at least 4 members (excludes halogenated alkanes) is 1. The number of phenolic OH excluding ortho intramolecular Hbond substituents is 2. The van der Waals surface area contributed by atoms with Crippen LogP contribution in [0.3, 0.4) is 0 Å². The molecule has 0 radical (unpaired) electrons. The van der Waals surface area contributed by atoms with E-state index in [2.05, 4.69) is 6.58 Å². The van der Waals surface area contributed by atoms with Gasteiger partial charge in [-0.2, -0.15) is 0 Å². The number of aromatic hydroxyl groups is 2. The second kappa shape index (κ2) is 28.8.